The van der Waals surface area contributed by atoms with E-state index < -0.39 is 5.54 Å². The molecular formula is C14H20ClNO2. The van der Waals surface area contributed by atoms with E-state index in [1.54, 1.807) is 12.1 Å². The molecule has 100 valence electrons. The van der Waals surface area contributed by atoms with Crippen molar-refractivity contribution >= 4 is 23.3 Å². The number of methoxy groups -OCH3 is 1. The van der Waals surface area contributed by atoms with Gasteiger partial charge < -0.3 is 10.1 Å². The largest absolute Gasteiger partial charge is 0.467 e. The number of ether oxygens (including phenoxy) is 1. The van der Waals surface area contributed by atoms with Crippen molar-refractivity contribution in [1.82, 2.24) is 0 Å². The summed E-state index contributed by atoms with van der Waals surface area (Å²) < 4.78 is 4.88. The van der Waals surface area contributed by atoms with Crippen LogP contribution < -0.4 is 5.32 Å². The monoisotopic (exact) mass is 269 g/mol. The molecule has 0 heterocycles. The number of nitrogens with one attached hydrogen (secondary N) is 1. The first kappa shape index (κ1) is 14.8. The van der Waals surface area contributed by atoms with Crippen molar-refractivity contribution in [2.75, 3.05) is 12.4 Å². The van der Waals surface area contributed by atoms with Crippen LogP contribution in [0.1, 0.15) is 27.2 Å². The maximum Gasteiger partial charge on any atom is 0.331 e. The number of halogens is 1. The van der Waals surface area contributed by atoms with Crippen molar-refractivity contribution in [2.24, 2.45) is 5.92 Å². The van der Waals surface area contributed by atoms with Gasteiger partial charge in [0.25, 0.3) is 0 Å². The standard InChI is InChI=1S/C14H20ClNO2/c1-10(2)9-14(3,13(17)18-4)16-12-7-5-11(15)6-8-12/h5-8,10,16H,9H2,1-4H3. The molecule has 3 nitrogen and oxygen atoms in total. The third-order valence-electron chi connectivity index (χ3n) is 2.72. The molecule has 1 atom stereocenters. The predicted octanol–water partition coefficient (Wildman–Crippen LogP) is 3.73. The second-order valence-corrected chi connectivity index (χ2v) is 5.49. The van der Waals surface area contributed by atoms with Gasteiger partial charge in [-0.2, -0.15) is 0 Å². The van der Waals surface area contributed by atoms with Crippen LogP contribution in [0.5, 0.6) is 0 Å². The lowest BCUT2D eigenvalue weighted by Crippen LogP contribution is -2.45. The molecule has 0 amide bonds. The number of esters is 1. The first-order valence-corrected chi connectivity index (χ1v) is 6.37. The quantitative estimate of drug-likeness (QED) is 0.828. The van der Waals surface area contributed by atoms with Gasteiger partial charge in [0.2, 0.25) is 0 Å². The summed E-state index contributed by atoms with van der Waals surface area (Å²) in [5.74, 6) is 0.125. The van der Waals surface area contributed by atoms with Gasteiger partial charge in [0.05, 0.1) is 7.11 Å². The molecule has 1 aromatic carbocycles. The van der Waals surface area contributed by atoms with Crippen LogP contribution in [0.3, 0.4) is 0 Å². The van der Waals surface area contributed by atoms with Gasteiger partial charge in [-0.15, -0.1) is 0 Å². The van der Waals surface area contributed by atoms with E-state index in [0.717, 1.165) is 5.69 Å². The van der Waals surface area contributed by atoms with Gasteiger partial charge in [-0.05, 0) is 43.5 Å². The molecule has 0 aliphatic heterocycles. The third-order valence-corrected chi connectivity index (χ3v) is 2.97. The average molecular weight is 270 g/mol. The summed E-state index contributed by atoms with van der Waals surface area (Å²) in [5, 5.41) is 3.90. The summed E-state index contributed by atoms with van der Waals surface area (Å²) >= 11 is 5.84. The van der Waals surface area contributed by atoms with Crippen molar-refractivity contribution in [3.63, 3.8) is 0 Å². The molecule has 0 radical (unpaired) electrons. The van der Waals surface area contributed by atoms with E-state index in [0.29, 0.717) is 17.4 Å². The van der Waals surface area contributed by atoms with Crippen LogP contribution in [0.2, 0.25) is 5.02 Å². The first-order chi connectivity index (χ1) is 8.37. The summed E-state index contributed by atoms with van der Waals surface area (Å²) in [5.41, 5.74) is 0.129. The van der Waals surface area contributed by atoms with Gasteiger partial charge in [0, 0.05) is 10.7 Å². The van der Waals surface area contributed by atoms with Gasteiger partial charge in [-0.1, -0.05) is 25.4 Å². The van der Waals surface area contributed by atoms with Crippen LogP contribution in [0.15, 0.2) is 24.3 Å². The fourth-order valence-electron chi connectivity index (χ4n) is 2.08. The topological polar surface area (TPSA) is 38.3 Å². The predicted molar refractivity (Wildman–Crippen MR) is 75.0 cm³/mol. The van der Waals surface area contributed by atoms with Crippen LogP contribution in [-0.2, 0) is 9.53 Å². The van der Waals surface area contributed by atoms with Gasteiger partial charge >= 0.3 is 5.97 Å². The molecular weight excluding hydrogens is 250 g/mol. The smallest absolute Gasteiger partial charge is 0.331 e. The van der Waals surface area contributed by atoms with Gasteiger partial charge in [0.15, 0.2) is 0 Å². The van der Waals surface area contributed by atoms with Crippen molar-refractivity contribution in [2.45, 2.75) is 32.7 Å². The minimum atomic E-state index is -0.725. The van der Waals surface area contributed by atoms with E-state index in [9.17, 15) is 4.79 Å². The average Bonchev–Trinajstić information content (AvgIpc) is 2.30. The van der Waals surface area contributed by atoms with E-state index in [4.69, 9.17) is 16.3 Å². The highest BCUT2D eigenvalue weighted by atomic mass is 35.5. The van der Waals surface area contributed by atoms with E-state index in [1.165, 1.54) is 7.11 Å². The molecule has 0 saturated heterocycles. The molecule has 0 fully saturated rings. The van der Waals surface area contributed by atoms with Crippen molar-refractivity contribution in [1.29, 1.82) is 0 Å². The summed E-state index contributed by atoms with van der Waals surface area (Å²) in [4.78, 5) is 11.9. The Balaban J connectivity index is 2.90. The number of rotatable bonds is 5. The zero-order chi connectivity index (χ0) is 13.8. The normalized spacial score (nSPS) is 14.1. The summed E-state index contributed by atoms with van der Waals surface area (Å²) in [7, 11) is 1.41. The molecule has 18 heavy (non-hydrogen) atoms. The second-order valence-electron chi connectivity index (χ2n) is 5.05. The molecule has 0 aromatic heterocycles. The molecule has 0 spiro atoms. The number of carbonyl (C=O) groups is 1. The van der Waals surface area contributed by atoms with Gasteiger partial charge in [0.1, 0.15) is 5.54 Å². The first-order valence-electron chi connectivity index (χ1n) is 5.99. The Morgan fingerprint density at radius 1 is 1.39 bits per heavy atom. The molecule has 1 unspecified atom stereocenters. The SMILES string of the molecule is COC(=O)C(C)(CC(C)C)Nc1ccc(Cl)cc1. The van der Waals surface area contributed by atoms with Gasteiger partial charge in [-0.3, -0.25) is 0 Å². The molecule has 1 rings (SSSR count). The zero-order valence-electron chi connectivity index (χ0n) is 11.3. The third kappa shape index (κ3) is 3.91. The lowest BCUT2D eigenvalue weighted by Gasteiger charge is -2.30. The maximum atomic E-state index is 11.9. The summed E-state index contributed by atoms with van der Waals surface area (Å²) in [6, 6.07) is 7.28. The van der Waals surface area contributed by atoms with Crippen molar-refractivity contribution < 1.29 is 9.53 Å². The highest BCUT2D eigenvalue weighted by Gasteiger charge is 2.34. The molecule has 0 aliphatic rings. The molecule has 1 aromatic rings. The Kier molecular flexibility index (Phi) is 5.03. The fraction of sp³-hybridized carbons (Fsp3) is 0.500. The van der Waals surface area contributed by atoms with Crippen molar-refractivity contribution in [3.05, 3.63) is 29.3 Å². The van der Waals surface area contributed by atoms with Crippen LogP contribution >= 0.6 is 11.6 Å². The Bertz CT molecular complexity index is 403. The Morgan fingerprint density at radius 2 is 1.94 bits per heavy atom. The maximum absolute atomic E-state index is 11.9. The van der Waals surface area contributed by atoms with Crippen LogP contribution in [-0.4, -0.2) is 18.6 Å². The number of benzene rings is 1. The highest BCUT2D eigenvalue weighted by Crippen LogP contribution is 2.24. The van der Waals surface area contributed by atoms with Crippen LogP contribution in [0, 0.1) is 5.92 Å². The summed E-state index contributed by atoms with van der Waals surface area (Å²) in [6.07, 6.45) is 0.697. The Morgan fingerprint density at radius 3 is 2.39 bits per heavy atom. The molecule has 0 bridgehead atoms. The molecule has 0 saturated carbocycles. The second kappa shape index (κ2) is 6.10. The van der Waals surface area contributed by atoms with E-state index in [2.05, 4.69) is 19.2 Å². The van der Waals surface area contributed by atoms with Crippen molar-refractivity contribution in [3.8, 4) is 0 Å². The zero-order valence-corrected chi connectivity index (χ0v) is 12.0. The summed E-state index contributed by atoms with van der Waals surface area (Å²) in [6.45, 7) is 6.00. The molecule has 1 N–H and O–H groups in total. The van der Waals surface area contributed by atoms with E-state index in [1.807, 2.05) is 19.1 Å². The Hall–Kier alpha value is -1.22. The number of anilines is 1. The Labute approximate surface area is 113 Å². The number of hydrogen-bond acceptors (Lipinski definition) is 3. The molecule has 0 aliphatic carbocycles. The minimum absolute atomic E-state index is 0.258. The fourth-order valence-corrected chi connectivity index (χ4v) is 2.20. The molecule has 4 heteroatoms. The highest BCUT2D eigenvalue weighted by molar-refractivity contribution is 6.30. The lowest BCUT2D eigenvalue weighted by atomic mass is 9.90. The number of hydrogen-bond donors (Lipinski definition) is 1. The van der Waals surface area contributed by atoms with E-state index in [-0.39, 0.29) is 5.97 Å². The lowest BCUT2D eigenvalue weighted by molar-refractivity contribution is -0.146. The number of carbonyl (C=O) groups excluding carboxylic acids is 1. The van der Waals surface area contributed by atoms with E-state index >= 15 is 0 Å². The van der Waals surface area contributed by atoms with Crippen LogP contribution in [0.25, 0.3) is 0 Å². The van der Waals surface area contributed by atoms with Crippen LogP contribution in [0.4, 0.5) is 5.69 Å². The van der Waals surface area contributed by atoms with Gasteiger partial charge in [-0.25, -0.2) is 4.79 Å². The minimum Gasteiger partial charge on any atom is -0.467 e.